The Morgan fingerprint density at radius 1 is 1.53 bits per heavy atom. The van der Waals surface area contributed by atoms with Crippen molar-refractivity contribution in [1.29, 1.82) is 0 Å². The number of benzene rings is 1. The number of hydrogen-bond donors (Lipinski definition) is 1. The number of nitrogens with two attached hydrogens (primary N) is 1. The molecule has 0 amide bonds. The van der Waals surface area contributed by atoms with Crippen LogP contribution in [0, 0.1) is 0 Å². The summed E-state index contributed by atoms with van der Waals surface area (Å²) in [6.07, 6.45) is 3.11. The molecular formula is C12H16BrNO. The minimum Gasteiger partial charge on any atom is -0.493 e. The summed E-state index contributed by atoms with van der Waals surface area (Å²) in [4.78, 5) is 0. The maximum Gasteiger partial charge on any atom is 0.127 e. The largest absolute Gasteiger partial charge is 0.493 e. The molecule has 1 aliphatic rings. The van der Waals surface area contributed by atoms with Crippen LogP contribution in [0.4, 0.5) is 0 Å². The van der Waals surface area contributed by atoms with Crippen molar-refractivity contribution in [2.24, 2.45) is 5.73 Å². The van der Waals surface area contributed by atoms with Crippen LogP contribution in [0.25, 0.3) is 0 Å². The molecule has 2 nitrogen and oxygen atoms in total. The van der Waals surface area contributed by atoms with E-state index in [0.29, 0.717) is 0 Å². The van der Waals surface area contributed by atoms with Gasteiger partial charge in [0.15, 0.2) is 0 Å². The second-order valence-corrected chi connectivity index (χ2v) is 4.89. The van der Waals surface area contributed by atoms with E-state index >= 15 is 0 Å². The molecule has 1 heterocycles. The Kier molecular flexibility index (Phi) is 3.32. The zero-order valence-electron chi connectivity index (χ0n) is 8.92. The first kappa shape index (κ1) is 11.0. The Morgan fingerprint density at radius 3 is 3.07 bits per heavy atom. The minimum absolute atomic E-state index is 0.0966. The van der Waals surface area contributed by atoms with E-state index in [1.807, 2.05) is 0 Å². The molecule has 3 heteroatoms. The molecule has 2 rings (SSSR count). The summed E-state index contributed by atoms with van der Waals surface area (Å²) in [5, 5.41) is 0. The van der Waals surface area contributed by atoms with Gasteiger partial charge in [0.2, 0.25) is 0 Å². The lowest BCUT2D eigenvalue weighted by atomic mass is 9.99. The first-order chi connectivity index (χ1) is 7.22. The van der Waals surface area contributed by atoms with Gasteiger partial charge in [-0.3, -0.25) is 0 Å². The van der Waals surface area contributed by atoms with Crippen LogP contribution in [-0.2, 0) is 6.42 Å². The SMILES string of the molecule is CCCC(N)c1cc(Br)cc2c1OCC2. The number of ether oxygens (including phenoxy) is 1. The second-order valence-electron chi connectivity index (χ2n) is 3.98. The Hall–Kier alpha value is -0.540. The zero-order valence-corrected chi connectivity index (χ0v) is 10.5. The van der Waals surface area contributed by atoms with Gasteiger partial charge in [-0.25, -0.2) is 0 Å². The summed E-state index contributed by atoms with van der Waals surface area (Å²) in [7, 11) is 0. The van der Waals surface area contributed by atoms with Crippen molar-refractivity contribution in [3.63, 3.8) is 0 Å². The van der Waals surface area contributed by atoms with E-state index in [1.165, 1.54) is 5.56 Å². The van der Waals surface area contributed by atoms with Crippen LogP contribution in [0.3, 0.4) is 0 Å². The van der Waals surface area contributed by atoms with Gasteiger partial charge in [0, 0.05) is 22.5 Å². The van der Waals surface area contributed by atoms with Crippen LogP contribution >= 0.6 is 15.9 Å². The molecule has 0 spiro atoms. The predicted molar refractivity (Wildman–Crippen MR) is 65.2 cm³/mol. The van der Waals surface area contributed by atoms with Crippen molar-refractivity contribution >= 4 is 15.9 Å². The van der Waals surface area contributed by atoms with Gasteiger partial charge >= 0.3 is 0 Å². The molecule has 0 saturated heterocycles. The summed E-state index contributed by atoms with van der Waals surface area (Å²) in [5.74, 6) is 1.03. The topological polar surface area (TPSA) is 35.2 Å². The Morgan fingerprint density at radius 2 is 2.33 bits per heavy atom. The highest BCUT2D eigenvalue weighted by atomic mass is 79.9. The molecular weight excluding hydrogens is 254 g/mol. The Bertz CT molecular complexity index is 365. The van der Waals surface area contributed by atoms with Crippen LogP contribution in [0.5, 0.6) is 5.75 Å². The van der Waals surface area contributed by atoms with Crippen LogP contribution in [0.1, 0.15) is 36.9 Å². The van der Waals surface area contributed by atoms with Gasteiger partial charge in [-0.2, -0.15) is 0 Å². The first-order valence-corrected chi connectivity index (χ1v) is 6.22. The molecule has 2 N–H and O–H groups in total. The quantitative estimate of drug-likeness (QED) is 0.915. The zero-order chi connectivity index (χ0) is 10.8. The van der Waals surface area contributed by atoms with Crippen molar-refractivity contribution in [3.05, 3.63) is 27.7 Å². The second kappa shape index (κ2) is 4.54. The van der Waals surface area contributed by atoms with Crippen molar-refractivity contribution in [1.82, 2.24) is 0 Å². The van der Waals surface area contributed by atoms with Gasteiger partial charge in [0.25, 0.3) is 0 Å². The average Bonchev–Trinajstić information content (AvgIpc) is 2.64. The third-order valence-electron chi connectivity index (χ3n) is 2.78. The lowest BCUT2D eigenvalue weighted by molar-refractivity contribution is 0.350. The number of hydrogen-bond acceptors (Lipinski definition) is 2. The van der Waals surface area contributed by atoms with Crippen LogP contribution in [-0.4, -0.2) is 6.61 Å². The standard InChI is InChI=1S/C12H16BrNO/c1-2-3-11(14)10-7-9(13)6-8-4-5-15-12(8)10/h6-7,11H,2-5,14H2,1H3. The third-order valence-corrected chi connectivity index (χ3v) is 3.23. The maximum absolute atomic E-state index is 6.15. The van der Waals surface area contributed by atoms with Gasteiger partial charge in [-0.1, -0.05) is 29.3 Å². The molecule has 0 fully saturated rings. The first-order valence-electron chi connectivity index (χ1n) is 5.43. The van der Waals surface area contributed by atoms with Crippen LogP contribution < -0.4 is 10.5 Å². The van der Waals surface area contributed by atoms with E-state index in [9.17, 15) is 0 Å². The summed E-state index contributed by atoms with van der Waals surface area (Å²) < 4.78 is 6.76. The lowest BCUT2D eigenvalue weighted by Gasteiger charge is -2.15. The Balaban J connectivity index is 2.37. The summed E-state index contributed by atoms with van der Waals surface area (Å²) in [6, 6.07) is 4.31. The Labute approximate surface area is 98.9 Å². The molecule has 0 aliphatic carbocycles. The van der Waals surface area contributed by atoms with E-state index < -0.39 is 0 Å². The van der Waals surface area contributed by atoms with Crippen LogP contribution in [0.15, 0.2) is 16.6 Å². The fraction of sp³-hybridized carbons (Fsp3) is 0.500. The van der Waals surface area contributed by atoms with E-state index in [-0.39, 0.29) is 6.04 Å². The minimum atomic E-state index is 0.0966. The monoisotopic (exact) mass is 269 g/mol. The van der Waals surface area contributed by atoms with Crippen molar-refractivity contribution in [3.8, 4) is 5.75 Å². The third kappa shape index (κ3) is 2.18. The molecule has 82 valence electrons. The fourth-order valence-electron chi connectivity index (χ4n) is 2.04. The lowest BCUT2D eigenvalue weighted by Crippen LogP contribution is -2.11. The van der Waals surface area contributed by atoms with Gasteiger partial charge in [0.05, 0.1) is 6.61 Å². The van der Waals surface area contributed by atoms with E-state index in [0.717, 1.165) is 41.7 Å². The molecule has 0 aromatic heterocycles. The summed E-state index contributed by atoms with van der Waals surface area (Å²) in [6.45, 7) is 2.94. The highest BCUT2D eigenvalue weighted by Crippen LogP contribution is 2.36. The fourth-order valence-corrected chi connectivity index (χ4v) is 2.56. The predicted octanol–water partition coefficient (Wildman–Crippen LogP) is 3.18. The normalized spacial score (nSPS) is 15.9. The molecule has 1 aliphatic heterocycles. The van der Waals surface area contributed by atoms with Crippen molar-refractivity contribution in [2.45, 2.75) is 32.2 Å². The van der Waals surface area contributed by atoms with Crippen molar-refractivity contribution < 1.29 is 4.74 Å². The molecule has 1 aromatic carbocycles. The van der Waals surface area contributed by atoms with Gasteiger partial charge < -0.3 is 10.5 Å². The molecule has 1 aromatic rings. The van der Waals surface area contributed by atoms with Gasteiger partial charge in [-0.05, 0) is 24.1 Å². The van der Waals surface area contributed by atoms with E-state index in [2.05, 4.69) is 35.0 Å². The average molecular weight is 270 g/mol. The molecule has 1 atom stereocenters. The summed E-state index contributed by atoms with van der Waals surface area (Å²) >= 11 is 3.52. The smallest absolute Gasteiger partial charge is 0.127 e. The summed E-state index contributed by atoms with van der Waals surface area (Å²) in [5.41, 5.74) is 8.58. The molecule has 0 radical (unpaired) electrons. The van der Waals surface area contributed by atoms with Crippen molar-refractivity contribution in [2.75, 3.05) is 6.61 Å². The van der Waals surface area contributed by atoms with Gasteiger partial charge in [0.1, 0.15) is 5.75 Å². The van der Waals surface area contributed by atoms with Crippen LogP contribution in [0.2, 0.25) is 0 Å². The number of fused-ring (bicyclic) bond motifs is 1. The number of halogens is 1. The van der Waals surface area contributed by atoms with E-state index in [1.54, 1.807) is 0 Å². The molecule has 1 unspecified atom stereocenters. The number of rotatable bonds is 3. The maximum atomic E-state index is 6.15. The molecule has 0 bridgehead atoms. The van der Waals surface area contributed by atoms with E-state index in [4.69, 9.17) is 10.5 Å². The van der Waals surface area contributed by atoms with Gasteiger partial charge in [-0.15, -0.1) is 0 Å². The molecule has 15 heavy (non-hydrogen) atoms. The molecule has 0 saturated carbocycles. The highest BCUT2D eigenvalue weighted by Gasteiger charge is 2.20. The highest BCUT2D eigenvalue weighted by molar-refractivity contribution is 9.10.